The highest BCUT2D eigenvalue weighted by Crippen LogP contribution is 2.28. The summed E-state index contributed by atoms with van der Waals surface area (Å²) in [7, 11) is 0. The van der Waals surface area contributed by atoms with E-state index < -0.39 is 0 Å². The van der Waals surface area contributed by atoms with Crippen LogP contribution in [0.4, 0.5) is 0 Å². The van der Waals surface area contributed by atoms with Gasteiger partial charge in [-0.1, -0.05) is 42.0 Å². The number of nitrogens with zero attached hydrogens (tertiary/aromatic N) is 4. The molecule has 4 rings (SSSR count). The summed E-state index contributed by atoms with van der Waals surface area (Å²) in [6.45, 7) is 8.07. The lowest BCUT2D eigenvalue weighted by atomic mass is 9.95. The minimum absolute atomic E-state index is 0.0364. The molecule has 0 saturated carbocycles. The maximum atomic E-state index is 13.1. The Morgan fingerprint density at radius 1 is 1.23 bits per heavy atom. The predicted molar refractivity (Wildman–Crippen MR) is 115 cm³/mol. The lowest BCUT2D eigenvalue weighted by Gasteiger charge is -2.32. The first-order chi connectivity index (χ1) is 15.0. The van der Waals surface area contributed by atoms with Gasteiger partial charge in [-0.25, -0.2) is 4.68 Å². The summed E-state index contributed by atoms with van der Waals surface area (Å²) >= 11 is 0. The fraction of sp³-hybridized carbons (Fsp3) is 0.565. The van der Waals surface area contributed by atoms with E-state index in [0.29, 0.717) is 44.8 Å². The van der Waals surface area contributed by atoms with Crippen molar-refractivity contribution < 1.29 is 14.3 Å². The Morgan fingerprint density at radius 3 is 2.61 bits per heavy atom. The standard InChI is InChI=1S/C23H31N5O3/c1-4-16(3)24-22(29)18-9-11-27(12-10-18)23(30)21-19-14-31-20(13-28(19)26-25-21)17-7-5-15(2)6-8-17/h5-8,16,18,20H,4,9-14H2,1-3H3,(H,24,29)/t16-,20+/m1/s1. The van der Waals surface area contributed by atoms with Gasteiger partial charge in [-0.3, -0.25) is 9.59 Å². The number of fused-ring (bicyclic) bond motifs is 1. The molecule has 3 heterocycles. The van der Waals surface area contributed by atoms with Crippen LogP contribution in [0.3, 0.4) is 0 Å². The normalized spacial score (nSPS) is 20.2. The van der Waals surface area contributed by atoms with Crippen LogP contribution in [0.1, 0.15) is 66.5 Å². The van der Waals surface area contributed by atoms with E-state index in [9.17, 15) is 9.59 Å². The lowest BCUT2D eigenvalue weighted by molar-refractivity contribution is -0.126. The third kappa shape index (κ3) is 4.63. The van der Waals surface area contributed by atoms with Gasteiger partial charge in [0.15, 0.2) is 5.69 Å². The molecule has 2 atom stereocenters. The Morgan fingerprint density at radius 2 is 1.94 bits per heavy atom. The molecule has 0 radical (unpaired) electrons. The molecule has 166 valence electrons. The van der Waals surface area contributed by atoms with Crippen molar-refractivity contribution in [3.8, 4) is 0 Å². The summed E-state index contributed by atoms with van der Waals surface area (Å²) < 4.78 is 7.82. The number of carbonyl (C=O) groups excluding carboxylic acids is 2. The molecule has 0 aliphatic carbocycles. The van der Waals surface area contributed by atoms with Gasteiger partial charge in [-0.2, -0.15) is 0 Å². The zero-order valence-corrected chi connectivity index (χ0v) is 18.5. The van der Waals surface area contributed by atoms with Crippen LogP contribution >= 0.6 is 0 Å². The van der Waals surface area contributed by atoms with Crippen molar-refractivity contribution in [2.45, 2.75) is 65.3 Å². The number of likely N-dealkylation sites (tertiary alicyclic amines) is 1. The van der Waals surface area contributed by atoms with E-state index in [-0.39, 0.29) is 29.9 Å². The van der Waals surface area contributed by atoms with Crippen LogP contribution in [-0.4, -0.2) is 50.8 Å². The van der Waals surface area contributed by atoms with Crippen molar-refractivity contribution in [3.63, 3.8) is 0 Å². The maximum Gasteiger partial charge on any atom is 0.276 e. The van der Waals surface area contributed by atoms with Crippen LogP contribution in [0.25, 0.3) is 0 Å². The Labute approximate surface area is 182 Å². The van der Waals surface area contributed by atoms with Crippen molar-refractivity contribution in [2.24, 2.45) is 5.92 Å². The van der Waals surface area contributed by atoms with Crippen molar-refractivity contribution in [2.75, 3.05) is 13.1 Å². The van der Waals surface area contributed by atoms with E-state index in [2.05, 4.69) is 53.7 Å². The Hall–Kier alpha value is -2.74. The molecule has 2 aliphatic heterocycles. The molecule has 1 aromatic heterocycles. The van der Waals surface area contributed by atoms with Gasteiger partial charge in [-0.15, -0.1) is 5.10 Å². The number of piperidine rings is 1. The van der Waals surface area contributed by atoms with Crippen LogP contribution in [0.5, 0.6) is 0 Å². The van der Waals surface area contributed by atoms with Gasteiger partial charge in [0, 0.05) is 25.0 Å². The summed E-state index contributed by atoms with van der Waals surface area (Å²) in [5.74, 6) is -0.0665. The van der Waals surface area contributed by atoms with Gasteiger partial charge >= 0.3 is 0 Å². The van der Waals surface area contributed by atoms with Crippen LogP contribution in [0.15, 0.2) is 24.3 Å². The predicted octanol–water partition coefficient (Wildman–Crippen LogP) is 2.62. The second-order valence-corrected chi connectivity index (χ2v) is 8.66. The summed E-state index contributed by atoms with van der Waals surface area (Å²) in [4.78, 5) is 27.2. The van der Waals surface area contributed by atoms with E-state index in [1.54, 1.807) is 9.58 Å². The Bertz CT molecular complexity index is 931. The van der Waals surface area contributed by atoms with E-state index in [0.717, 1.165) is 17.7 Å². The number of hydrogen-bond acceptors (Lipinski definition) is 5. The van der Waals surface area contributed by atoms with Gasteiger partial charge in [0.05, 0.1) is 18.8 Å². The van der Waals surface area contributed by atoms with Gasteiger partial charge < -0.3 is 15.0 Å². The molecule has 1 saturated heterocycles. The zero-order valence-electron chi connectivity index (χ0n) is 18.5. The number of aryl methyl sites for hydroxylation is 1. The molecule has 1 aromatic carbocycles. The Kier molecular flexibility index (Phi) is 6.36. The van der Waals surface area contributed by atoms with E-state index in [4.69, 9.17) is 4.74 Å². The highest BCUT2D eigenvalue weighted by atomic mass is 16.5. The van der Waals surface area contributed by atoms with Crippen LogP contribution < -0.4 is 5.32 Å². The first-order valence-electron chi connectivity index (χ1n) is 11.2. The van der Waals surface area contributed by atoms with Crippen LogP contribution in [-0.2, 0) is 22.7 Å². The molecule has 1 fully saturated rings. The molecular weight excluding hydrogens is 394 g/mol. The van der Waals surface area contributed by atoms with Crippen molar-refractivity contribution >= 4 is 11.8 Å². The average Bonchev–Trinajstić information content (AvgIpc) is 3.22. The maximum absolute atomic E-state index is 13.1. The van der Waals surface area contributed by atoms with Gasteiger partial charge in [-0.05, 0) is 38.7 Å². The molecule has 2 aliphatic rings. The molecule has 0 unspecified atom stereocenters. The largest absolute Gasteiger partial charge is 0.365 e. The number of nitrogens with one attached hydrogen (secondary N) is 1. The molecule has 8 nitrogen and oxygen atoms in total. The fourth-order valence-electron chi connectivity index (χ4n) is 4.12. The van der Waals surface area contributed by atoms with Crippen molar-refractivity contribution in [3.05, 3.63) is 46.8 Å². The molecule has 2 amide bonds. The van der Waals surface area contributed by atoms with Crippen LogP contribution in [0, 0.1) is 12.8 Å². The second-order valence-electron chi connectivity index (χ2n) is 8.66. The first kappa shape index (κ1) is 21.5. The molecule has 1 N–H and O–H groups in total. The van der Waals surface area contributed by atoms with E-state index >= 15 is 0 Å². The number of aromatic nitrogens is 3. The van der Waals surface area contributed by atoms with Crippen LogP contribution in [0.2, 0.25) is 0 Å². The summed E-state index contributed by atoms with van der Waals surface area (Å²) in [5.41, 5.74) is 3.39. The summed E-state index contributed by atoms with van der Waals surface area (Å²) in [5, 5.41) is 11.5. The summed E-state index contributed by atoms with van der Waals surface area (Å²) in [6.07, 6.45) is 2.15. The number of ether oxygens (including phenoxy) is 1. The van der Waals surface area contributed by atoms with E-state index in [1.165, 1.54) is 5.56 Å². The highest BCUT2D eigenvalue weighted by Gasteiger charge is 2.33. The summed E-state index contributed by atoms with van der Waals surface area (Å²) in [6, 6.07) is 8.44. The fourth-order valence-corrected chi connectivity index (χ4v) is 4.12. The van der Waals surface area contributed by atoms with Crippen molar-refractivity contribution in [1.29, 1.82) is 0 Å². The SMILES string of the molecule is CC[C@@H](C)NC(=O)C1CCN(C(=O)c2nnn3c2CO[C@H](c2ccc(C)cc2)C3)CC1. The number of amides is 2. The second kappa shape index (κ2) is 9.18. The number of rotatable bonds is 5. The average molecular weight is 426 g/mol. The highest BCUT2D eigenvalue weighted by molar-refractivity contribution is 5.93. The molecule has 0 bridgehead atoms. The first-order valence-corrected chi connectivity index (χ1v) is 11.2. The molecular formula is C23H31N5O3. The number of hydrogen-bond donors (Lipinski definition) is 1. The minimum atomic E-state index is -0.126. The minimum Gasteiger partial charge on any atom is -0.365 e. The lowest BCUT2D eigenvalue weighted by Crippen LogP contribution is -2.45. The monoisotopic (exact) mass is 425 g/mol. The molecule has 2 aromatic rings. The van der Waals surface area contributed by atoms with Gasteiger partial charge in [0.1, 0.15) is 6.10 Å². The molecule has 31 heavy (non-hydrogen) atoms. The third-order valence-corrected chi connectivity index (χ3v) is 6.40. The molecule has 8 heteroatoms. The number of benzene rings is 1. The quantitative estimate of drug-likeness (QED) is 0.795. The van der Waals surface area contributed by atoms with Gasteiger partial charge in [0.25, 0.3) is 5.91 Å². The van der Waals surface area contributed by atoms with E-state index in [1.807, 2.05) is 6.92 Å². The third-order valence-electron chi connectivity index (χ3n) is 6.40. The Balaban J connectivity index is 1.37. The van der Waals surface area contributed by atoms with Crippen molar-refractivity contribution in [1.82, 2.24) is 25.2 Å². The number of carbonyl (C=O) groups is 2. The topological polar surface area (TPSA) is 89.4 Å². The van der Waals surface area contributed by atoms with Gasteiger partial charge in [0.2, 0.25) is 5.91 Å². The smallest absolute Gasteiger partial charge is 0.276 e. The molecule has 0 spiro atoms. The zero-order chi connectivity index (χ0) is 22.0.